The van der Waals surface area contributed by atoms with Crippen LogP contribution in [0.4, 0.5) is 15.9 Å². The van der Waals surface area contributed by atoms with E-state index in [1.807, 2.05) is 23.2 Å². The maximum absolute atomic E-state index is 13.7. The van der Waals surface area contributed by atoms with Gasteiger partial charge in [-0.3, -0.25) is 4.79 Å². The summed E-state index contributed by atoms with van der Waals surface area (Å²) in [6.07, 6.45) is 8.48. The molecule has 2 unspecified atom stereocenters. The van der Waals surface area contributed by atoms with E-state index in [0.29, 0.717) is 12.4 Å². The third-order valence-corrected chi connectivity index (χ3v) is 6.28. The molecule has 0 radical (unpaired) electrons. The maximum Gasteiger partial charge on any atom is 0.232 e. The van der Waals surface area contributed by atoms with E-state index >= 15 is 0 Å². The summed E-state index contributed by atoms with van der Waals surface area (Å²) < 4.78 is 15.4. The minimum atomic E-state index is -0.249. The van der Waals surface area contributed by atoms with E-state index in [4.69, 9.17) is 0 Å². The van der Waals surface area contributed by atoms with Gasteiger partial charge in [-0.15, -0.1) is 0 Å². The predicted octanol–water partition coefficient (Wildman–Crippen LogP) is 3.39. The molecule has 160 valence electrons. The highest BCUT2D eigenvalue weighted by atomic mass is 19.1. The zero-order valence-electron chi connectivity index (χ0n) is 17.5. The summed E-state index contributed by atoms with van der Waals surface area (Å²) in [6.45, 7) is 3.52. The van der Waals surface area contributed by atoms with E-state index in [-0.39, 0.29) is 23.7 Å². The van der Waals surface area contributed by atoms with Gasteiger partial charge >= 0.3 is 0 Å². The van der Waals surface area contributed by atoms with Crippen LogP contribution in [0.15, 0.2) is 49.1 Å². The Bertz CT molecular complexity index is 1090. The minimum absolute atomic E-state index is 0.103. The second kappa shape index (κ2) is 8.09. The van der Waals surface area contributed by atoms with Gasteiger partial charge in [-0.05, 0) is 62.4 Å². The number of piperidine rings is 1. The molecule has 4 heterocycles. The SMILES string of the molecule is CC1CCc2cc(F)ccc2N1C(=O)C1CCCN(c2cc(-n3cccn3)ncn2)C1. The first-order valence-corrected chi connectivity index (χ1v) is 10.8. The molecule has 0 bridgehead atoms. The Kier molecular flexibility index (Phi) is 5.13. The molecule has 31 heavy (non-hydrogen) atoms. The van der Waals surface area contributed by atoms with Gasteiger partial charge in [0.05, 0.1) is 5.92 Å². The molecule has 1 saturated heterocycles. The van der Waals surface area contributed by atoms with Gasteiger partial charge in [-0.1, -0.05) is 0 Å². The molecule has 8 heteroatoms. The first kappa shape index (κ1) is 19.7. The smallest absolute Gasteiger partial charge is 0.232 e. The highest BCUT2D eigenvalue weighted by Gasteiger charge is 2.35. The number of hydrogen-bond acceptors (Lipinski definition) is 5. The summed E-state index contributed by atoms with van der Waals surface area (Å²) >= 11 is 0. The van der Waals surface area contributed by atoms with Crippen molar-refractivity contribution in [2.24, 2.45) is 5.92 Å². The zero-order chi connectivity index (χ0) is 21.4. The molecule has 3 aromatic rings. The molecule has 0 aliphatic carbocycles. The largest absolute Gasteiger partial charge is 0.356 e. The van der Waals surface area contributed by atoms with Gasteiger partial charge in [-0.2, -0.15) is 5.10 Å². The van der Waals surface area contributed by atoms with E-state index in [1.165, 1.54) is 12.4 Å². The first-order valence-electron chi connectivity index (χ1n) is 10.8. The number of nitrogens with zero attached hydrogens (tertiary/aromatic N) is 6. The maximum atomic E-state index is 13.7. The van der Waals surface area contributed by atoms with Crippen LogP contribution >= 0.6 is 0 Å². The molecular formula is C23H25FN6O. The average Bonchev–Trinajstić information content (AvgIpc) is 3.34. The summed E-state index contributed by atoms with van der Waals surface area (Å²) in [4.78, 5) is 26.4. The number of anilines is 2. The van der Waals surface area contributed by atoms with E-state index in [0.717, 1.165) is 49.3 Å². The Hall–Kier alpha value is -3.29. The fourth-order valence-electron chi connectivity index (χ4n) is 4.68. The Balaban J connectivity index is 1.38. The van der Waals surface area contributed by atoms with Crippen LogP contribution in [0.5, 0.6) is 0 Å². The van der Waals surface area contributed by atoms with Crippen LogP contribution in [-0.2, 0) is 11.2 Å². The number of hydrogen-bond donors (Lipinski definition) is 0. The van der Waals surface area contributed by atoms with Gasteiger partial charge in [0.1, 0.15) is 18.0 Å². The number of benzene rings is 1. The first-order chi connectivity index (χ1) is 15.1. The standard InChI is InChI=1S/C23H25FN6O/c1-16-5-6-17-12-19(24)7-8-20(17)30(16)23(31)18-4-2-10-28(14-18)21-13-22(26-15-25-21)29-11-3-9-27-29/h3,7-9,11-13,15-16,18H,2,4-6,10,14H2,1H3. The Morgan fingerprint density at radius 1 is 1.16 bits per heavy atom. The van der Waals surface area contributed by atoms with Crippen LogP contribution in [-0.4, -0.2) is 44.8 Å². The van der Waals surface area contributed by atoms with Crippen LogP contribution in [0.25, 0.3) is 5.82 Å². The summed E-state index contributed by atoms with van der Waals surface area (Å²) in [5.74, 6) is 1.24. The number of aryl methyl sites for hydroxylation is 1. The summed E-state index contributed by atoms with van der Waals surface area (Å²) in [5, 5.41) is 4.23. The second-order valence-electron chi connectivity index (χ2n) is 8.34. The van der Waals surface area contributed by atoms with Crippen LogP contribution < -0.4 is 9.80 Å². The Labute approximate surface area is 180 Å². The molecule has 2 aliphatic heterocycles. The Morgan fingerprint density at radius 3 is 2.87 bits per heavy atom. The lowest BCUT2D eigenvalue weighted by atomic mass is 9.91. The van der Waals surface area contributed by atoms with E-state index < -0.39 is 0 Å². The lowest BCUT2D eigenvalue weighted by Gasteiger charge is -2.40. The van der Waals surface area contributed by atoms with Crippen molar-refractivity contribution in [1.29, 1.82) is 0 Å². The van der Waals surface area contributed by atoms with E-state index in [1.54, 1.807) is 23.0 Å². The lowest BCUT2D eigenvalue weighted by molar-refractivity contribution is -0.123. The molecule has 7 nitrogen and oxygen atoms in total. The number of fused-ring (bicyclic) bond motifs is 1. The van der Waals surface area contributed by atoms with E-state index in [9.17, 15) is 9.18 Å². The molecule has 5 rings (SSSR count). The van der Waals surface area contributed by atoms with Crippen molar-refractivity contribution in [3.8, 4) is 5.82 Å². The molecule has 1 amide bonds. The summed E-state index contributed by atoms with van der Waals surface area (Å²) in [7, 11) is 0. The quantitative estimate of drug-likeness (QED) is 0.650. The third-order valence-electron chi connectivity index (χ3n) is 6.28. The summed E-state index contributed by atoms with van der Waals surface area (Å²) in [5.41, 5.74) is 1.77. The third kappa shape index (κ3) is 3.78. The van der Waals surface area contributed by atoms with Crippen LogP contribution in [0.2, 0.25) is 0 Å². The molecular weight excluding hydrogens is 395 g/mol. The monoisotopic (exact) mass is 420 g/mol. The van der Waals surface area contributed by atoms with Gasteiger partial charge in [0.2, 0.25) is 5.91 Å². The molecule has 0 spiro atoms. The lowest BCUT2D eigenvalue weighted by Crippen LogP contribution is -2.49. The van der Waals surface area contributed by atoms with E-state index in [2.05, 4.69) is 26.9 Å². The van der Waals surface area contributed by atoms with Gasteiger partial charge < -0.3 is 9.80 Å². The normalized spacial score (nSPS) is 21.1. The molecule has 2 aliphatic rings. The average molecular weight is 420 g/mol. The van der Waals surface area contributed by atoms with Gasteiger partial charge in [0, 0.05) is 43.3 Å². The van der Waals surface area contributed by atoms with Gasteiger partial charge in [-0.25, -0.2) is 19.0 Å². The fourth-order valence-corrected chi connectivity index (χ4v) is 4.68. The van der Waals surface area contributed by atoms with Crippen molar-refractivity contribution >= 4 is 17.4 Å². The molecule has 1 aromatic carbocycles. The zero-order valence-corrected chi connectivity index (χ0v) is 17.5. The van der Waals surface area contributed by atoms with Crippen molar-refractivity contribution in [2.75, 3.05) is 22.9 Å². The Morgan fingerprint density at radius 2 is 2.03 bits per heavy atom. The molecule has 1 fully saturated rings. The number of amides is 1. The number of rotatable bonds is 3. The van der Waals surface area contributed by atoms with Gasteiger partial charge in [0.25, 0.3) is 0 Å². The number of carbonyl (C=O) groups excluding carboxylic acids is 1. The topological polar surface area (TPSA) is 67.2 Å². The van der Waals surface area contributed by atoms with Crippen LogP contribution in [0.3, 0.4) is 0 Å². The number of carbonyl (C=O) groups is 1. The molecule has 2 atom stereocenters. The van der Waals surface area contributed by atoms with Crippen LogP contribution in [0.1, 0.15) is 31.7 Å². The number of halogens is 1. The second-order valence-corrected chi connectivity index (χ2v) is 8.34. The number of aromatic nitrogens is 4. The van der Waals surface area contributed by atoms with Crippen molar-refractivity contribution in [3.63, 3.8) is 0 Å². The summed E-state index contributed by atoms with van der Waals surface area (Å²) in [6, 6.07) is 8.61. The minimum Gasteiger partial charge on any atom is -0.356 e. The molecule has 2 aromatic heterocycles. The fraction of sp³-hybridized carbons (Fsp3) is 0.391. The predicted molar refractivity (Wildman–Crippen MR) is 116 cm³/mol. The highest BCUT2D eigenvalue weighted by molar-refractivity contribution is 5.97. The van der Waals surface area contributed by atoms with Crippen LogP contribution in [0, 0.1) is 11.7 Å². The molecule has 0 saturated carbocycles. The highest BCUT2D eigenvalue weighted by Crippen LogP contribution is 2.34. The van der Waals surface area contributed by atoms with Gasteiger partial charge in [0.15, 0.2) is 5.82 Å². The van der Waals surface area contributed by atoms with Crippen molar-refractivity contribution < 1.29 is 9.18 Å². The van der Waals surface area contributed by atoms with Crippen molar-refractivity contribution in [3.05, 3.63) is 60.4 Å². The molecule has 0 N–H and O–H groups in total. The van der Waals surface area contributed by atoms with Crippen molar-refractivity contribution in [1.82, 2.24) is 19.7 Å². The van der Waals surface area contributed by atoms with Crippen molar-refractivity contribution in [2.45, 2.75) is 38.6 Å².